The molecule has 0 unspecified atom stereocenters. The molecule has 2 aromatic rings. The molecule has 1 radical (unpaired) electrons. The fraction of sp³-hybridized carbons (Fsp3) is 0.312. The van der Waals surface area contributed by atoms with Gasteiger partial charge in [-0.1, -0.05) is 56.2 Å². The molecule has 0 saturated heterocycles. The van der Waals surface area contributed by atoms with Crippen molar-refractivity contribution < 1.29 is 0 Å². The van der Waals surface area contributed by atoms with Crippen molar-refractivity contribution in [2.75, 3.05) is 0 Å². The van der Waals surface area contributed by atoms with E-state index in [0.717, 1.165) is 6.42 Å². The Bertz CT molecular complexity index is 468. The van der Waals surface area contributed by atoms with Gasteiger partial charge in [0, 0.05) is 0 Å². The zero-order valence-corrected chi connectivity index (χ0v) is 10.00. The first kappa shape index (κ1) is 11.2. The van der Waals surface area contributed by atoms with Crippen LogP contribution in [0.2, 0.25) is 0 Å². The van der Waals surface area contributed by atoms with E-state index in [1.165, 1.54) is 41.2 Å². The van der Waals surface area contributed by atoms with Crippen LogP contribution < -0.4 is 0 Å². The second-order valence-electron chi connectivity index (χ2n) is 4.39. The van der Waals surface area contributed by atoms with E-state index in [-0.39, 0.29) is 0 Å². The van der Waals surface area contributed by atoms with Crippen molar-refractivity contribution in [1.29, 1.82) is 0 Å². The Kier molecular flexibility index (Phi) is 3.61. The summed E-state index contributed by atoms with van der Waals surface area (Å²) in [5.74, 6) is 0. The summed E-state index contributed by atoms with van der Waals surface area (Å²) in [6.07, 6.45) is 4.70. The van der Waals surface area contributed by atoms with Gasteiger partial charge in [-0.3, -0.25) is 0 Å². The summed E-state index contributed by atoms with van der Waals surface area (Å²) in [4.78, 5) is 0. The predicted octanol–water partition coefficient (Wildman–Crippen LogP) is 4.70. The van der Waals surface area contributed by atoms with Gasteiger partial charge in [0.15, 0.2) is 0 Å². The summed E-state index contributed by atoms with van der Waals surface area (Å²) in [6, 6.07) is 13.1. The van der Waals surface area contributed by atoms with Gasteiger partial charge in [-0.05, 0) is 41.7 Å². The monoisotopic (exact) mass is 211 g/mol. The van der Waals surface area contributed by atoms with E-state index in [1.54, 1.807) is 0 Å². The van der Waals surface area contributed by atoms with Crippen molar-refractivity contribution in [3.8, 4) is 0 Å². The SMILES string of the molecule is [CH2]CCCCc1c(C)ccc2ccccc12. The third kappa shape index (κ3) is 2.27. The summed E-state index contributed by atoms with van der Waals surface area (Å²) in [5, 5.41) is 2.78. The van der Waals surface area contributed by atoms with Crippen LogP contribution in [0.25, 0.3) is 10.8 Å². The smallest absolute Gasteiger partial charge is 0.0149 e. The maximum Gasteiger partial charge on any atom is -0.0149 e. The normalized spacial score (nSPS) is 10.9. The number of rotatable bonds is 4. The minimum Gasteiger partial charge on any atom is -0.0616 e. The van der Waals surface area contributed by atoms with Gasteiger partial charge >= 0.3 is 0 Å². The standard InChI is InChI=1S/C16H19/c1-3-4-5-9-15-13(2)11-12-14-8-6-7-10-16(14)15/h6-8,10-12H,1,3-5,9H2,2H3. The van der Waals surface area contributed by atoms with E-state index in [2.05, 4.69) is 50.2 Å². The minimum absolute atomic E-state index is 1.05. The van der Waals surface area contributed by atoms with E-state index in [0.29, 0.717) is 0 Å². The first-order chi connectivity index (χ1) is 7.83. The molecule has 0 amide bonds. The first-order valence-electron chi connectivity index (χ1n) is 6.09. The van der Waals surface area contributed by atoms with E-state index in [4.69, 9.17) is 0 Å². The van der Waals surface area contributed by atoms with Crippen LogP contribution in [-0.2, 0) is 6.42 Å². The molecule has 16 heavy (non-hydrogen) atoms. The van der Waals surface area contributed by atoms with Crippen LogP contribution in [-0.4, -0.2) is 0 Å². The summed E-state index contributed by atoms with van der Waals surface area (Å²) in [5.41, 5.74) is 2.94. The average Bonchev–Trinajstić information content (AvgIpc) is 2.32. The van der Waals surface area contributed by atoms with E-state index >= 15 is 0 Å². The van der Waals surface area contributed by atoms with Crippen LogP contribution >= 0.6 is 0 Å². The van der Waals surface area contributed by atoms with Crippen LogP contribution in [0.15, 0.2) is 36.4 Å². The fourth-order valence-electron chi connectivity index (χ4n) is 2.26. The van der Waals surface area contributed by atoms with Crippen LogP contribution in [0.3, 0.4) is 0 Å². The van der Waals surface area contributed by atoms with E-state index < -0.39 is 0 Å². The first-order valence-corrected chi connectivity index (χ1v) is 6.09. The lowest BCUT2D eigenvalue weighted by Crippen LogP contribution is -1.92. The van der Waals surface area contributed by atoms with Gasteiger partial charge in [0.1, 0.15) is 0 Å². The molecule has 0 aliphatic rings. The van der Waals surface area contributed by atoms with Gasteiger partial charge in [-0.2, -0.15) is 0 Å². The number of aryl methyl sites for hydroxylation is 2. The second kappa shape index (κ2) is 5.16. The van der Waals surface area contributed by atoms with Crippen molar-refractivity contribution >= 4 is 10.8 Å². The highest BCUT2D eigenvalue weighted by Gasteiger charge is 2.03. The lowest BCUT2D eigenvalue weighted by molar-refractivity contribution is 0.746. The van der Waals surface area contributed by atoms with Crippen LogP contribution in [0.1, 0.15) is 30.4 Å². The molecule has 0 spiro atoms. The van der Waals surface area contributed by atoms with Gasteiger partial charge < -0.3 is 0 Å². The van der Waals surface area contributed by atoms with Crippen LogP contribution in [0.4, 0.5) is 0 Å². The van der Waals surface area contributed by atoms with Crippen LogP contribution in [0, 0.1) is 13.8 Å². The molecule has 0 aromatic heterocycles. The van der Waals surface area contributed by atoms with Gasteiger partial charge in [0.2, 0.25) is 0 Å². The van der Waals surface area contributed by atoms with Crippen molar-refractivity contribution in [3.63, 3.8) is 0 Å². The summed E-state index contributed by atoms with van der Waals surface area (Å²) in [6.45, 7) is 6.12. The molecule has 2 rings (SSSR count). The number of unbranched alkanes of at least 4 members (excludes halogenated alkanes) is 2. The Morgan fingerprint density at radius 3 is 2.62 bits per heavy atom. The molecular formula is C16H19. The lowest BCUT2D eigenvalue weighted by atomic mass is 9.95. The quantitative estimate of drug-likeness (QED) is 0.643. The largest absolute Gasteiger partial charge is 0.0616 e. The van der Waals surface area contributed by atoms with Gasteiger partial charge in [0.25, 0.3) is 0 Å². The molecule has 0 aliphatic carbocycles. The minimum atomic E-state index is 1.05. The van der Waals surface area contributed by atoms with Crippen molar-refractivity contribution in [2.24, 2.45) is 0 Å². The Labute approximate surface area is 98.3 Å². The number of hydrogen-bond donors (Lipinski definition) is 0. The maximum absolute atomic E-state index is 3.90. The van der Waals surface area contributed by atoms with Crippen molar-refractivity contribution in [2.45, 2.75) is 32.6 Å². The fourth-order valence-corrected chi connectivity index (χ4v) is 2.26. The molecule has 0 N–H and O–H groups in total. The molecule has 0 heterocycles. The molecule has 0 heteroatoms. The van der Waals surface area contributed by atoms with Crippen molar-refractivity contribution in [3.05, 3.63) is 54.4 Å². The van der Waals surface area contributed by atoms with Crippen molar-refractivity contribution in [1.82, 2.24) is 0 Å². The molecule has 0 fully saturated rings. The third-order valence-electron chi connectivity index (χ3n) is 3.20. The van der Waals surface area contributed by atoms with E-state index in [9.17, 15) is 0 Å². The van der Waals surface area contributed by atoms with Crippen LogP contribution in [0.5, 0.6) is 0 Å². The Hall–Kier alpha value is -1.30. The number of benzene rings is 2. The Balaban J connectivity index is 2.37. The molecule has 2 aromatic carbocycles. The Morgan fingerprint density at radius 1 is 1.00 bits per heavy atom. The van der Waals surface area contributed by atoms with E-state index in [1.807, 2.05) is 0 Å². The highest BCUT2D eigenvalue weighted by atomic mass is 14.1. The van der Waals surface area contributed by atoms with Gasteiger partial charge in [-0.25, -0.2) is 0 Å². The zero-order valence-electron chi connectivity index (χ0n) is 10.00. The second-order valence-corrected chi connectivity index (χ2v) is 4.39. The molecule has 0 nitrogen and oxygen atoms in total. The topological polar surface area (TPSA) is 0 Å². The third-order valence-corrected chi connectivity index (χ3v) is 3.20. The average molecular weight is 211 g/mol. The van der Waals surface area contributed by atoms with Gasteiger partial charge in [0.05, 0.1) is 0 Å². The molecule has 83 valence electrons. The number of hydrogen-bond acceptors (Lipinski definition) is 0. The zero-order chi connectivity index (χ0) is 11.4. The number of fused-ring (bicyclic) bond motifs is 1. The lowest BCUT2D eigenvalue weighted by Gasteiger charge is -2.10. The molecule has 0 saturated carbocycles. The highest BCUT2D eigenvalue weighted by molar-refractivity contribution is 5.86. The Morgan fingerprint density at radius 2 is 1.81 bits per heavy atom. The molecular weight excluding hydrogens is 192 g/mol. The maximum atomic E-state index is 3.90. The summed E-state index contributed by atoms with van der Waals surface area (Å²) >= 11 is 0. The highest BCUT2D eigenvalue weighted by Crippen LogP contribution is 2.23. The molecule has 0 aliphatic heterocycles. The predicted molar refractivity (Wildman–Crippen MR) is 71.6 cm³/mol. The summed E-state index contributed by atoms with van der Waals surface area (Å²) in [7, 11) is 0. The summed E-state index contributed by atoms with van der Waals surface area (Å²) < 4.78 is 0. The molecule has 0 bridgehead atoms. The molecule has 0 atom stereocenters. The van der Waals surface area contributed by atoms with Gasteiger partial charge in [-0.15, -0.1) is 0 Å².